The predicted molar refractivity (Wildman–Crippen MR) is 118 cm³/mol. The van der Waals surface area contributed by atoms with E-state index in [4.69, 9.17) is 0 Å². The molecule has 0 amide bonds. The van der Waals surface area contributed by atoms with Crippen LogP contribution in [0, 0.1) is 23.7 Å². The zero-order chi connectivity index (χ0) is 20.3. The molecule has 4 rings (SSSR count). The van der Waals surface area contributed by atoms with Crippen LogP contribution in [0.2, 0.25) is 0 Å². The second kappa shape index (κ2) is 8.25. The number of hydrogen-bond acceptors (Lipinski definition) is 2. The van der Waals surface area contributed by atoms with Crippen LogP contribution >= 0.6 is 0 Å². The Labute approximate surface area is 173 Å². The minimum atomic E-state index is -1.12. The highest BCUT2D eigenvalue weighted by molar-refractivity contribution is 5.39. The summed E-state index contributed by atoms with van der Waals surface area (Å²) in [5.74, 6) is 6.36. The molecule has 1 aliphatic heterocycles. The lowest BCUT2D eigenvalue weighted by Crippen LogP contribution is -2.57. The van der Waals surface area contributed by atoms with Gasteiger partial charge >= 0.3 is 0 Å². The van der Waals surface area contributed by atoms with E-state index in [1.165, 1.54) is 11.1 Å². The summed E-state index contributed by atoms with van der Waals surface area (Å²) in [6, 6.07) is 30.6. The van der Waals surface area contributed by atoms with E-state index in [-0.39, 0.29) is 23.9 Å². The summed E-state index contributed by atoms with van der Waals surface area (Å²) in [6.45, 7) is 4.20. The molecule has 2 heteroatoms. The van der Waals surface area contributed by atoms with E-state index in [1.54, 1.807) is 0 Å². The van der Waals surface area contributed by atoms with Crippen molar-refractivity contribution in [3.8, 4) is 11.8 Å². The molecular weight excluding hydrogens is 354 g/mol. The molecule has 1 saturated heterocycles. The maximum atomic E-state index is 11.9. The van der Waals surface area contributed by atoms with Crippen LogP contribution in [0.15, 0.2) is 91.0 Å². The first-order valence-electron chi connectivity index (χ1n) is 10.3. The molecule has 2 nitrogen and oxygen atoms in total. The Bertz CT molecular complexity index is 937. The van der Waals surface area contributed by atoms with E-state index >= 15 is 0 Å². The van der Waals surface area contributed by atoms with Gasteiger partial charge in [-0.15, -0.1) is 0 Å². The Kier molecular flexibility index (Phi) is 5.53. The van der Waals surface area contributed by atoms with E-state index < -0.39 is 5.60 Å². The molecule has 1 aliphatic rings. The van der Waals surface area contributed by atoms with E-state index in [1.807, 2.05) is 66.7 Å². The van der Waals surface area contributed by atoms with E-state index in [0.29, 0.717) is 0 Å². The quantitative estimate of drug-likeness (QED) is 0.603. The van der Waals surface area contributed by atoms with Crippen LogP contribution in [0.25, 0.3) is 0 Å². The first-order valence-corrected chi connectivity index (χ1v) is 10.3. The van der Waals surface area contributed by atoms with Gasteiger partial charge in [0, 0.05) is 29.5 Å². The van der Waals surface area contributed by atoms with Crippen LogP contribution in [0.1, 0.15) is 42.6 Å². The number of benzene rings is 3. The monoisotopic (exact) mass is 381 g/mol. The fourth-order valence-electron chi connectivity index (χ4n) is 4.42. The first-order chi connectivity index (χ1) is 14.1. The van der Waals surface area contributed by atoms with Gasteiger partial charge < -0.3 is 10.4 Å². The molecule has 0 unspecified atom stereocenters. The molecule has 29 heavy (non-hydrogen) atoms. The van der Waals surface area contributed by atoms with Crippen molar-refractivity contribution in [2.45, 2.75) is 31.5 Å². The average Bonchev–Trinajstić information content (AvgIpc) is 2.78. The maximum absolute atomic E-state index is 11.9. The molecule has 4 atom stereocenters. The topological polar surface area (TPSA) is 32.3 Å². The van der Waals surface area contributed by atoms with Crippen LogP contribution < -0.4 is 5.32 Å². The van der Waals surface area contributed by atoms with Crippen molar-refractivity contribution in [3.63, 3.8) is 0 Å². The van der Waals surface area contributed by atoms with Gasteiger partial charge in [0.15, 0.2) is 0 Å². The second-order valence-corrected chi connectivity index (χ2v) is 7.96. The zero-order valence-electron chi connectivity index (χ0n) is 16.9. The highest BCUT2D eigenvalue weighted by Gasteiger charge is 2.50. The Hall–Kier alpha value is -2.86. The summed E-state index contributed by atoms with van der Waals surface area (Å²) < 4.78 is 0. The number of piperidine rings is 1. The SMILES string of the molecule is C[C@H]1[C@@H](c2ccccc2)N[C@H](c2ccccc2)[C@H](C)C1(O)C#Cc1ccccc1. The maximum Gasteiger partial charge on any atom is 0.134 e. The van der Waals surface area contributed by atoms with Gasteiger partial charge in [-0.3, -0.25) is 0 Å². The van der Waals surface area contributed by atoms with Crippen molar-refractivity contribution < 1.29 is 5.11 Å². The van der Waals surface area contributed by atoms with Gasteiger partial charge in [-0.05, 0) is 23.3 Å². The van der Waals surface area contributed by atoms with Crippen LogP contribution in [-0.2, 0) is 0 Å². The molecular formula is C27H27NO. The highest BCUT2D eigenvalue weighted by Crippen LogP contribution is 2.46. The zero-order valence-corrected chi connectivity index (χ0v) is 16.9. The summed E-state index contributed by atoms with van der Waals surface area (Å²) in [6.07, 6.45) is 0. The summed E-state index contributed by atoms with van der Waals surface area (Å²) >= 11 is 0. The van der Waals surface area contributed by atoms with E-state index in [2.05, 4.69) is 55.3 Å². The van der Waals surface area contributed by atoms with Gasteiger partial charge in [0.2, 0.25) is 0 Å². The van der Waals surface area contributed by atoms with Gasteiger partial charge in [0.1, 0.15) is 5.60 Å². The van der Waals surface area contributed by atoms with Crippen LogP contribution in [0.3, 0.4) is 0 Å². The van der Waals surface area contributed by atoms with Gasteiger partial charge in [0.05, 0.1) is 0 Å². The third-order valence-corrected chi connectivity index (χ3v) is 6.25. The molecule has 0 aliphatic carbocycles. The molecule has 0 radical (unpaired) electrons. The number of rotatable bonds is 2. The first kappa shape index (κ1) is 19.5. The Morgan fingerprint density at radius 2 is 1.10 bits per heavy atom. The molecule has 1 heterocycles. The van der Waals surface area contributed by atoms with Crippen molar-refractivity contribution in [2.75, 3.05) is 0 Å². The van der Waals surface area contributed by atoms with Gasteiger partial charge in [0.25, 0.3) is 0 Å². The highest BCUT2D eigenvalue weighted by atomic mass is 16.3. The molecule has 2 N–H and O–H groups in total. The third-order valence-electron chi connectivity index (χ3n) is 6.25. The molecule has 0 aromatic heterocycles. The third kappa shape index (κ3) is 3.85. The minimum absolute atomic E-state index is 0.00711. The van der Waals surface area contributed by atoms with E-state index in [0.717, 1.165) is 5.56 Å². The lowest BCUT2D eigenvalue weighted by atomic mass is 9.66. The standard InChI is InChI=1S/C27H27NO/c1-20-25(23-14-8-4-9-15-23)28-26(24-16-10-5-11-17-24)21(2)27(20,29)19-18-22-12-6-3-7-13-22/h3-17,20-21,25-26,28-29H,1-2H3/t20-,21-,25-,26-/m0/s1. The van der Waals surface area contributed by atoms with E-state index in [9.17, 15) is 5.11 Å². The lowest BCUT2D eigenvalue weighted by molar-refractivity contribution is -0.0646. The number of nitrogens with one attached hydrogen (secondary N) is 1. The Morgan fingerprint density at radius 1 is 0.690 bits per heavy atom. The van der Waals surface area contributed by atoms with Gasteiger partial charge in [-0.1, -0.05) is 105 Å². The molecule has 0 bridgehead atoms. The predicted octanol–water partition coefficient (Wildman–Crippen LogP) is 5.13. The fraction of sp³-hybridized carbons (Fsp3) is 0.259. The Balaban J connectivity index is 1.78. The van der Waals surface area contributed by atoms with Crippen LogP contribution in [-0.4, -0.2) is 10.7 Å². The summed E-state index contributed by atoms with van der Waals surface area (Å²) in [4.78, 5) is 0. The lowest BCUT2D eigenvalue weighted by Gasteiger charge is -2.49. The summed E-state index contributed by atoms with van der Waals surface area (Å²) in [5.41, 5.74) is 2.15. The molecule has 3 aromatic rings. The summed E-state index contributed by atoms with van der Waals surface area (Å²) in [5, 5.41) is 15.7. The largest absolute Gasteiger partial charge is 0.377 e. The van der Waals surface area contributed by atoms with Crippen LogP contribution in [0.4, 0.5) is 0 Å². The van der Waals surface area contributed by atoms with Crippen LogP contribution in [0.5, 0.6) is 0 Å². The Morgan fingerprint density at radius 3 is 1.55 bits per heavy atom. The normalized spacial score (nSPS) is 28.9. The average molecular weight is 382 g/mol. The summed E-state index contributed by atoms with van der Waals surface area (Å²) in [7, 11) is 0. The van der Waals surface area contributed by atoms with Crippen molar-refractivity contribution in [1.82, 2.24) is 5.32 Å². The van der Waals surface area contributed by atoms with Crippen molar-refractivity contribution >= 4 is 0 Å². The molecule has 0 saturated carbocycles. The molecule has 0 spiro atoms. The molecule has 1 fully saturated rings. The van der Waals surface area contributed by atoms with Crippen molar-refractivity contribution in [1.29, 1.82) is 0 Å². The molecule has 3 aromatic carbocycles. The minimum Gasteiger partial charge on any atom is -0.377 e. The smallest absolute Gasteiger partial charge is 0.134 e. The van der Waals surface area contributed by atoms with Crippen molar-refractivity contribution in [3.05, 3.63) is 108 Å². The van der Waals surface area contributed by atoms with Gasteiger partial charge in [-0.2, -0.15) is 0 Å². The van der Waals surface area contributed by atoms with Crippen molar-refractivity contribution in [2.24, 2.45) is 11.8 Å². The number of hydrogen-bond donors (Lipinski definition) is 2. The van der Waals surface area contributed by atoms with Gasteiger partial charge in [-0.25, -0.2) is 0 Å². The second-order valence-electron chi connectivity index (χ2n) is 7.96. The fourth-order valence-corrected chi connectivity index (χ4v) is 4.42. The molecule has 146 valence electrons. The number of aliphatic hydroxyl groups is 1.